The number of hydrogen-bond donors (Lipinski definition) is 1. The van der Waals surface area contributed by atoms with Gasteiger partial charge in [0.15, 0.2) is 0 Å². The molecule has 5 heteroatoms. The molecule has 0 fully saturated rings. The molecule has 1 atom stereocenters. The van der Waals surface area contributed by atoms with Crippen LogP contribution in [0.15, 0.2) is 115 Å². The van der Waals surface area contributed by atoms with Gasteiger partial charge in [0.1, 0.15) is 11.5 Å². The van der Waals surface area contributed by atoms with Gasteiger partial charge < -0.3 is 9.30 Å². The number of hydroxylamine groups is 1. The van der Waals surface area contributed by atoms with Gasteiger partial charge in [-0.2, -0.15) is 0 Å². The molecule has 5 nitrogen and oxygen atoms in total. The van der Waals surface area contributed by atoms with Gasteiger partial charge in [-0.25, -0.2) is 5.48 Å². The fraction of sp³-hybridized carbons (Fsp3) is 0.156. The molecule has 0 aliphatic rings. The van der Waals surface area contributed by atoms with Gasteiger partial charge in [0, 0.05) is 36.0 Å². The van der Waals surface area contributed by atoms with Crippen LogP contribution in [-0.4, -0.2) is 17.1 Å². The Morgan fingerprint density at radius 2 is 1.54 bits per heavy atom. The lowest BCUT2D eigenvalue weighted by Gasteiger charge is -2.18. The summed E-state index contributed by atoms with van der Waals surface area (Å²) < 4.78 is 8.38. The number of fused-ring (bicyclic) bond motifs is 1. The van der Waals surface area contributed by atoms with Gasteiger partial charge in [-0.05, 0) is 53.9 Å². The van der Waals surface area contributed by atoms with Gasteiger partial charge >= 0.3 is 0 Å². The molecule has 0 bridgehead atoms. The van der Waals surface area contributed by atoms with Crippen LogP contribution in [0.5, 0.6) is 11.5 Å². The van der Waals surface area contributed by atoms with E-state index in [1.54, 1.807) is 0 Å². The lowest BCUT2D eigenvalue weighted by molar-refractivity contribution is -0.133. The van der Waals surface area contributed by atoms with Crippen LogP contribution in [0.2, 0.25) is 0 Å². The number of carbonyl (C=O) groups is 1. The van der Waals surface area contributed by atoms with Crippen molar-refractivity contribution in [2.75, 3.05) is 6.61 Å². The van der Waals surface area contributed by atoms with E-state index >= 15 is 0 Å². The molecule has 0 saturated heterocycles. The lowest BCUT2D eigenvalue weighted by atomic mass is 9.88. The maximum atomic E-state index is 12.9. The van der Waals surface area contributed by atoms with Gasteiger partial charge in [0.2, 0.25) is 5.91 Å². The van der Waals surface area contributed by atoms with Gasteiger partial charge in [-0.1, -0.05) is 78.9 Å². The minimum Gasteiger partial charge on any atom is -0.457 e. The third kappa shape index (κ3) is 5.90. The Bertz CT molecular complexity index is 1460. The van der Waals surface area contributed by atoms with Crippen molar-refractivity contribution in [1.82, 2.24) is 10.0 Å². The molecule has 4 aromatic carbocycles. The molecule has 1 amide bonds. The average Bonchev–Trinajstić information content (AvgIpc) is 3.30. The van der Waals surface area contributed by atoms with Crippen LogP contribution in [0.3, 0.4) is 0 Å². The number of hydrogen-bond acceptors (Lipinski definition) is 3. The first kappa shape index (κ1) is 24.3. The van der Waals surface area contributed by atoms with Crippen LogP contribution in [0.25, 0.3) is 10.9 Å². The highest BCUT2D eigenvalue weighted by molar-refractivity contribution is 5.86. The smallest absolute Gasteiger partial charge is 0.244 e. The number of carbonyl (C=O) groups excluding carboxylic acids is 1. The van der Waals surface area contributed by atoms with E-state index in [-0.39, 0.29) is 18.2 Å². The lowest BCUT2D eigenvalue weighted by Crippen LogP contribution is -2.25. The molecule has 5 aromatic rings. The van der Waals surface area contributed by atoms with E-state index in [1.807, 2.05) is 67.6 Å². The largest absolute Gasteiger partial charge is 0.457 e. The Labute approximate surface area is 217 Å². The first-order valence-corrected chi connectivity index (χ1v) is 12.6. The highest BCUT2D eigenvalue weighted by atomic mass is 16.6. The normalized spacial score (nSPS) is 11.8. The zero-order chi connectivity index (χ0) is 25.5. The van der Waals surface area contributed by atoms with Crippen molar-refractivity contribution in [2.45, 2.75) is 25.8 Å². The molecular weight excluding hydrogens is 460 g/mol. The number of aromatic nitrogens is 1. The second-order valence-corrected chi connectivity index (χ2v) is 8.92. The number of nitrogens with one attached hydrogen (secondary N) is 1. The van der Waals surface area contributed by atoms with E-state index in [0.29, 0.717) is 6.61 Å². The van der Waals surface area contributed by atoms with Crippen molar-refractivity contribution >= 4 is 16.8 Å². The monoisotopic (exact) mass is 490 g/mol. The molecule has 1 heterocycles. The molecule has 0 aliphatic carbocycles. The predicted molar refractivity (Wildman–Crippen MR) is 147 cm³/mol. The molecule has 1 unspecified atom stereocenters. The number of amides is 1. The number of para-hydroxylation sites is 2. The third-order valence-electron chi connectivity index (χ3n) is 6.35. The van der Waals surface area contributed by atoms with E-state index in [1.165, 1.54) is 5.56 Å². The van der Waals surface area contributed by atoms with Crippen molar-refractivity contribution in [3.05, 3.63) is 132 Å². The van der Waals surface area contributed by atoms with Gasteiger partial charge in [0.05, 0.1) is 6.61 Å². The molecule has 5 rings (SSSR count). The molecule has 0 aliphatic heterocycles. The van der Waals surface area contributed by atoms with Crippen LogP contribution < -0.4 is 10.2 Å². The van der Waals surface area contributed by atoms with Crippen LogP contribution in [0.1, 0.15) is 36.0 Å². The van der Waals surface area contributed by atoms with Crippen LogP contribution >= 0.6 is 0 Å². The molecule has 0 saturated carbocycles. The quantitative estimate of drug-likeness (QED) is 0.213. The molecule has 37 heavy (non-hydrogen) atoms. The zero-order valence-electron chi connectivity index (χ0n) is 20.8. The van der Waals surface area contributed by atoms with Gasteiger partial charge in [-0.3, -0.25) is 9.63 Å². The molecule has 0 spiro atoms. The van der Waals surface area contributed by atoms with Crippen LogP contribution in [0.4, 0.5) is 0 Å². The summed E-state index contributed by atoms with van der Waals surface area (Å²) in [5, 5.41) is 1.13. The Morgan fingerprint density at radius 3 is 2.32 bits per heavy atom. The number of nitrogens with zero attached hydrogens (tertiary/aromatic N) is 1. The van der Waals surface area contributed by atoms with E-state index in [4.69, 9.17) is 9.57 Å². The SMILES string of the molecule is CCONC(=O)CC(c1cccc(Oc2ccccc2)c1)c1cn(Cc2ccccc2)c2ccccc12. The summed E-state index contributed by atoms with van der Waals surface area (Å²) in [7, 11) is 0. The number of rotatable bonds is 10. The van der Waals surface area contributed by atoms with E-state index in [2.05, 4.69) is 64.8 Å². The summed E-state index contributed by atoms with van der Waals surface area (Å²) in [5.74, 6) is 1.14. The number of ether oxygens (including phenoxy) is 1. The highest BCUT2D eigenvalue weighted by Crippen LogP contribution is 2.37. The predicted octanol–water partition coefficient (Wildman–Crippen LogP) is 7.07. The second-order valence-electron chi connectivity index (χ2n) is 8.92. The average molecular weight is 491 g/mol. The van der Waals surface area contributed by atoms with E-state index in [0.717, 1.165) is 40.1 Å². The second kappa shape index (κ2) is 11.6. The molecule has 0 radical (unpaired) electrons. The minimum atomic E-state index is -0.193. The fourth-order valence-corrected chi connectivity index (χ4v) is 4.67. The maximum Gasteiger partial charge on any atom is 0.244 e. The van der Waals surface area contributed by atoms with Crippen LogP contribution in [0, 0.1) is 0 Å². The summed E-state index contributed by atoms with van der Waals surface area (Å²) in [5.41, 5.74) is 7.02. The first-order chi connectivity index (χ1) is 18.2. The van der Waals surface area contributed by atoms with Crippen LogP contribution in [-0.2, 0) is 16.2 Å². The first-order valence-electron chi connectivity index (χ1n) is 12.6. The third-order valence-corrected chi connectivity index (χ3v) is 6.35. The van der Waals surface area contributed by atoms with E-state index in [9.17, 15) is 4.79 Å². The summed E-state index contributed by atoms with van der Waals surface area (Å²) in [6, 6.07) is 36.5. The van der Waals surface area contributed by atoms with E-state index < -0.39 is 0 Å². The topological polar surface area (TPSA) is 52.5 Å². The van der Waals surface area contributed by atoms with Crippen molar-refractivity contribution in [3.8, 4) is 11.5 Å². The summed E-state index contributed by atoms with van der Waals surface area (Å²) in [6.07, 6.45) is 2.43. The van der Waals surface area contributed by atoms with Crippen molar-refractivity contribution in [3.63, 3.8) is 0 Å². The van der Waals surface area contributed by atoms with Gasteiger partial charge in [0.25, 0.3) is 0 Å². The Hall–Kier alpha value is -4.35. The molecule has 1 aromatic heterocycles. The summed E-state index contributed by atoms with van der Waals surface area (Å²) in [6.45, 7) is 3.00. The van der Waals surface area contributed by atoms with Gasteiger partial charge in [-0.15, -0.1) is 0 Å². The minimum absolute atomic E-state index is 0.166. The molecule has 1 N–H and O–H groups in total. The molecular formula is C32H30N2O3. The standard InChI is InChI=1S/C32H30N2O3/c1-2-36-33-32(35)21-29(25-14-11-17-27(20-25)37-26-15-7-4-8-16-26)30-23-34(22-24-12-5-3-6-13-24)31-19-10-9-18-28(30)31/h3-20,23,29H,2,21-22H2,1H3,(H,33,35). The zero-order valence-corrected chi connectivity index (χ0v) is 20.8. The van der Waals surface area contributed by atoms with Crippen molar-refractivity contribution in [1.29, 1.82) is 0 Å². The van der Waals surface area contributed by atoms with Crippen molar-refractivity contribution < 1.29 is 14.4 Å². The number of benzene rings is 4. The van der Waals surface area contributed by atoms with Crippen molar-refractivity contribution in [2.24, 2.45) is 0 Å². The Morgan fingerprint density at radius 1 is 0.838 bits per heavy atom. The Balaban J connectivity index is 1.55. The summed E-state index contributed by atoms with van der Waals surface area (Å²) >= 11 is 0. The maximum absolute atomic E-state index is 12.9. The summed E-state index contributed by atoms with van der Waals surface area (Å²) in [4.78, 5) is 18.1. The fourth-order valence-electron chi connectivity index (χ4n) is 4.67. The highest BCUT2D eigenvalue weighted by Gasteiger charge is 2.23. The molecule has 186 valence electrons. The Kier molecular flexibility index (Phi) is 7.63.